The lowest BCUT2D eigenvalue weighted by Gasteiger charge is -2.28. The smallest absolute Gasteiger partial charge is 0.320 e. The topological polar surface area (TPSA) is 53.4 Å². The number of carbonyl (C=O) groups excluding carboxylic acids is 1. The van der Waals surface area contributed by atoms with Crippen molar-refractivity contribution in [2.75, 3.05) is 32.7 Å². The Hall–Kier alpha value is -1.56. The second-order valence-corrected chi connectivity index (χ2v) is 4.95. The Morgan fingerprint density at radius 2 is 2.39 bits per heavy atom. The summed E-state index contributed by atoms with van der Waals surface area (Å²) in [5.74, 6) is 1.00. The molecule has 6 heteroatoms. The highest BCUT2D eigenvalue weighted by Gasteiger charge is 2.37. The fourth-order valence-electron chi connectivity index (χ4n) is 2.75. The number of nitrogens with one attached hydrogen (secondary N) is 1. The summed E-state index contributed by atoms with van der Waals surface area (Å²) >= 11 is 0. The van der Waals surface area contributed by atoms with Gasteiger partial charge in [0.25, 0.3) is 0 Å². The first-order chi connectivity index (χ1) is 8.75. The molecular weight excluding hydrogens is 230 g/mol. The van der Waals surface area contributed by atoms with Crippen molar-refractivity contribution in [3.05, 3.63) is 18.2 Å². The van der Waals surface area contributed by atoms with E-state index in [1.54, 1.807) is 6.20 Å². The van der Waals surface area contributed by atoms with E-state index in [1.807, 2.05) is 22.9 Å². The van der Waals surface area contributed by atoms with Crippen LogP contribution < -0.4 is 5.32 Å². The van der Waals surface area contributed by atoms with E-state index in [-0.39, 0.29) is 6.03 Å². The Balaban J connectivity index is 1.60. The number of piperazine rings is 1. The zero-order chi connectivity index (χ0) is 12.5. The molecule has 1 atom stereocenters. The lowest BCUT2D eigenvalue weighted by atomic mass is 10.2. The van der Waals surface area contributed by atoms with Gasteiger partial charge in [0.2, 0.25) is 0 Å². The molecule has 0 aliphatic carbocycles. The zero-order valence-electron chi connectivity index (χ0n) is 10.7. The maximum absolute atomic E-state index is 12.2. The van der Waals surface area contributed by atoms with Crippen molar-refractivity contribution < 1.29 is 4.79 Å². The summed E-state index contributed by atoms with van der Waals surface area (Å²) in [7, 11) is 0. The number of fused-ring (bicyclic) bond motifs is 1. The predicted octanol–water partition coefficient (Wildman–Crippen LogP) is -0.0991. The molecule has 6 nitrogen and oxygen atoms in total. The van der Waals surface area contributed by atoms with Crippen LogP contribution in [0.1, 0.15) is 5.82 Å². The molecule has 0 spiro atoms. The molecule has 2 fully saturated rings. The average Bonchev–Trinajstić information content (AvgIpc) is 2.92. The molecule has 3 rings (SSSR count). The van der Waals surface area contributed by atoms with Crippen LogP contribution in [0.3, 0.4) is 0 Å². The molecule has 0 aromatic carbocycles. The molecule has 0 saturated carbocycles. The van der Waals surface area contributed by atoms with Crippen LogP contribution in [0.15, 0.2) is 12.4 Å². The molecule has 3 heterocycles. The Morgan fingerprint density at radius 1 is 1.50 bits per heavy atom. The van der Waals surface area contributed by atoms with Gasteiger partial charge in [0.05, 0.1) is 6.04 Å². The summed E-state index contributed by atoms with van der Waals surface area (Å²) in [6, 6.07) is 0.550. The minimum Gasteiger partial charge on any atom is -0.333 e. The molecule has 98 valence electrons. The van der Waals surface area contributed by atoms with Gasteiger partial charge in [0, 0.05) is 51.7 Å². The second kappa shape index (κ2) is 4.61. The quantitative estimate of drug-likeness (QED) is 0.814. The number of aryl methyl sites for hydroxylation is 1. The second-order valence-electron chi connectivity index (χ2n) is 4.95. The van der Waals surface area contributed by atoms with Gasteiger partial charge in [-0.3, -0.25) is 0 Å². The van der Waals surface area contributed by atoms with Crippen molar-refractivity contribution in [3.8, 4) is 0 Å². The van der Waals surface area contributed by atoms with Crippen molar-refractivity contribution in [1.29, 1.82) is 0 Å². The molecule has 2 saturated heterocycles. The van der Waals surface area contributed by atoms with E-state index >= 15 is 0 Å². The average molecular weight is 249 g/mol. The third kappa shape index (κ3) is 1.96. The third-order valence-electron chi connectivity index (χ3n) is 3.83. The van der Waals surface area contributed by atoms with E-state index in [2.05, 4.69) is 14.9 Å². The number of hydrogen-bond acceptors (Lipinski definition) is 3. The van der Waals surface area contributed by atoms with Crippen molar-refractivity contribution in [3.63, 3.8) is 0 Å². The van der Waals surface area contributed by atoms with Crippen molar-refractivity contribution in [2.45, 2.75) is 19.5 Å². The fraction of sp³-hybridized carbons (Fsp3) is 0.667. The van der Waals surface area contributed by atoms with Gasteiger partial charge in [-0.05, 0) is 6.92 Å². The molecule has 2 aliphatic rings. The zero-order valence-corrected chi connectivity index (χ0v) is 10.7. The van der Waals surface area contributed by atoms with Crippen LogP contribution in [0.4, 0.5) is 4.79 Å². The number of nitrogens with zero attached hydrogens (tertiary/aromatic N) is 4. The molecule has 0 radical (unpaired) electrons. The normalized spacial score (nSPS) is 23.6. The van der Waals surface area contributed by atoms with Crippen LogP contribution in [0.2, 0.25) is 0 Å². The number of carbonyl (C=O) groups is 1. The minimum atomic E-state index is 0.194. The summed E-state index contributed by atoms with van der Waals surface area (Å²) in [5, 5.41) is 3.34. The molecule has 1 N–H and O–H groups in total. The number of amides is 2. The first kappa shape index (κ1) is 11.5. The maximum Gasteiger partial charge on any atom is 0.320 e. The molecule has 2 aliphatic heterocycles. The highest BCUT2D eigenvalue weighted by Crippen LogP contribution is 2.17. The largest absolute Gasteiger partial charge is 0.333 e. The standard InChI is InChI=1S/C12H19N5O/c1-10-14-3-4-15(10)6-7-16-9-11-8-13-2-5-17(11)12(16)18/h3-4,11,13H,2,5-9H2,1H3. The lowest BCUT2D eigenvalue weighted by Crippen LogP contribution is -2.49. The fourth-order valence-corrected chi connectivity index (χ4v) is 2.75. The highest BCUT2D eigenvalue weighted by molar-refractivity contribution is 5.77. The molecule has 18 heavy (non-hydrogen) atoms. The summed E-state index contributed by atoms with van der Waals surface area (Å²) in [4.78, 5) is 20.3. The van der Waals surface area contributed by atoms with Crippen LogP contribution in [0.5, 0.6) is 0 Å². The number of hydrogen-bond donors (Lipinski definition) is 1. The van der Waals surface area contributed by atoms with Crippen molar-refractivity contribution >= 4 is 6.03 Å². The van der Waals surface area contributed by atoms with Crippen LogP contribution >= 0.6 is 0 Å². The van der Waals surface area contributed by atoms with Crippen molar-refractivity contribution in [2.24, 2.45) is 0 Å². The van der Waals surface area contributed by atoms with Gasteiger partial charge < -0.3 is 19.7 Å². The van der Waals surface area contributed by atoms with Gasteiger partial charge in [0.15, 0.2) is 0 Å². The first-order valence-electron chi connectivity index (χ1n) is 6.49. The third-order valence-corrected chi connectivity index (χ3v) is 3.83. The molecule has 1 aromatic rings. The maximum atomic E-state index is 12.2. The van der Waals surface area contributed by atoms with Gasteiger partial charge in [-0.1, -0.05) is 0 Å². The molecule has 0 bridgehead atoms. The monoisotopic (exact) mass is 249 g/mol. The van der Waals surface area contributed by atoms with E-state index < -0.39 is 0 Å². The first-order valence-corrected chi connectivity index (χ1v) is 6.49. The summed E-state index contributed by atoms with van der Waals surface area (Å²) in [6.45, 7) is 7.10. The SMILES string of the molecule is Cc1nccn1CCN1CC2CNCCN2C1=O. The summed E-state index contributed by atoms with van der Waals surface area (Å²) in [5.41, 5.74) is 0. The Labute approximate surface area is 107 Å². The Morgan fingerprint density at radius 3 is 3.11 bits per heavy atom. The van der Waals surface area contributed by atoms with E-state index in [0.717, 1.165) is 45.1 Å². The molecule has 1 aromatic heterocycles. The van der Waals surface area contributed by atoms with E-state index in [9.17, 15) is 4.79 Å². The highest BCUT2D eigenvalue weighted by atomic mass is 16.2. The number of imidazole rings is 1. The Kier molecular flexibility index (Phi) is 2.95. The van der Waals surface area contributed by atoms with Gasteiger partial charge in [-0.25, -0.2) is 9.78 Å². The van der Waals surface area contributed by atoms with E-state index in [0.29, 0.717) is 6.04 Å². The van der Waals surface area contributed by atoms with Crippen LogP contribution in [-0.4, -0.2) is 64.1 Å². The number of rotatable bonds is 3. The van der Waals surface area contributed by atoms with Crippen LogP contribution in [0.25, 0.3) is 0 Å². The number of urea groups is 1. The molecule has 1 unspecified atom stereocenters. The molecular formula is C12H19N5O. The van der Waals surface area contributed by atoms with Gasteiger partial charge >= 0.3 is 6.03 Å². The van der Waals surface area contributed by atoms with Crippen LogP contribution in [-0.2, 0) is 6.54 Å². The van der Waals surface area contributed by atoms with Gasteiger partial charge in [-0.15, -0.1) is 0 Å². The van der Waals surface area contributed by atoms with Gasteiger partial charge in [-0.2, -0.15) is 0 Å². The van der Waals surface area contributed by atoms with E-state index in [4.69, 9.17) is 0 Å². The van der Waals surface area contributed by atoms with E-state index in [1.165, 1.54) is 0 Å². The van der Waals surface area contributed by atoms with Crippen LogP contribution in [0, 0.1) is 6.92 Å². The predicted molar refractivity (Wildman–Crippen MR) is 67.3 cm³/mol. The number of aromatic nitrogens is 2. The summed E-state index contributed by atoms with van der Waals surface area (Å²) < 4.78 is 2.09. The Bertz CT molecular complexity index is 443. The lowest BCUT2D eigenvalue weighted by molar-refractivity contribution is 0.178. The minimum absolute atomic E-state index is 0.194. The van der Waals surface area contributed by atoms with Gasteiger partial charge in [0.1, 0.15) is 5.82 Å². The molecule has 2 amide bonds. The van der Waals surface area contributed by atoms with Crippen molar-refractivity contribution in [1.82, 2.24) is 24.7 Å². The summed E-state index contributed by atoms with van der Waals surface area (Å²) in [6.07, 6.45) is 3.76.